The third-order valence-corrected chi connectivity index (χ3v) is 5.03. The van der Waals surface area contributed by atoms with Gasteiger partial charge in [0.15, 0.2) is 0 Å². The number of aromatic nitrogens is 2. The lowest BCUT2D eigenvalue weighted by molar-refractivity contribution is 0.122. The molecule has 0 spiro atoms. The van der Waals surface area contributed by atoms with E-state index in [2.05, 4.69) is 19.7 Å². The Kier molecular flexibility index (Phi) is 5.45. The van der Waals surface area contributed by atoms with Gasteiger partial charge in [0, 0.05) is 63.6 Å². The third kappa shape index (κ3) is 4.33. The molecule has 0 saturated carbocycles. The average molecular weight is 375 g/mol. The molecule has 0 amide bonds. The first kappa shape index (κ1) is 18.1. The van der Waals surface area contributed by atoms with E-state index in [0.29, 0.717) is 25.3 Å². The Bertz CT molecular complexity index is 776. The predicted molar refractivity (Wildman–Crippen MR) is 98.9 cm³/mol. The van der Waals surface area contributed by atoms with E-state index in [1.807, 2.05) is 6.07 Å². The molecule has 0 atom stereocenters. The summed E-state index contributed by atoms with van der Waals surface area (Å²) in [5.41, 5.74) is 0.529. The van der Waals surface area contributed by atoms with Gasteiger partial charge in [-0.2, -0.15) is 4.98 Å². The van der Waals surface area contributed by atoms with Crippen LogP contribution in [0.5, 0.6) is 0 Å². The Hall–Kier alpha value is -2.32. The monoisotopic (exact) mass is 375 g/mol. The maximum Gasteiger partial charge on any atom is 0.227 e. The topological polar surface area (TPSA) is 44.7 Å². The van der Waals surface area contributed by atoms with Gasteiger partial charge in [-0.25, -0.2) is 13.8 Å². The zero-order valence-corrected chi connectivity index (χ0v) is 15.2. The molecule has 4 rings (SSSR count). The number of piperazine rings is 1. The first-order valence-electron chi connectivity index (χ1n) is 9.26. The number of anilines is 2. The highest BCUT2D eigenvalue weighted by Gasteiger charge is 2.21. The molecular formula is C19H23F2N5O. The molecule has 3 heterocycles. The van der Waals surface area contributed by atoms with E-state index in [1.165, 1.54) is 12.1 Å². The number of nitrogens with zero attached hydrogens (tertiary/aromatic N) is 5. The molecule has 144 valence electrons. The smallest absolute Gasteiger partial charge is 0.227 e. The van der Waals surface area contributed by atoms with Gasteiger partial charge in [-0.1, -0.05) is 6.07 Å². The minimum Gasteiger partial charge on any atom is -0.378 e. The van der Waals surface area contributed by atoms with E-state index >= 15 is 0 Å². The molecule has 0 aliphatic carbocycles. The second-order valence-corrected chi connectivity index (χ2v) is 6.81. The normalized spacial score (nSPS) is 18.7. The lowest BCUT2D eigenvalue weighted by atomic mass is 10.2. The summed E-state index contributed by atoms with van der Waals surface area (Å²) in [4.78, 5) is 15.7. The van der Waals surface area contributed by atoms with E-state index in [0.717, 1.165) is 57.1 Å². The van der Waals surface area contributed by atoms with Crippen LogP contribution in [0.25, 0.3) is 0 Å². The number of hydrogen-bond donors (Lipinski definition) is 0. The van der Waals surface area contributed by atoms with Gasteiger partial charge in [0.05, 0.1) is 13.2 Å². The molecule has 0 N–H and O–H groups in total. The number of benzene rings is 1. The number of rotatable bonds is 4. The van der Waals surface area contributed by atoms with Crippen LogP contribution in [0, 0.1) is 11.6 Å². The standard InChI is InChI=1S/C19H23F2N5O/c20-16-2-1-15(17(21)13-16)14-24-5-7-25(8-6-24)18-3-4-22-19(23-18)26-9-11-27-12-10-26/h1-4,13H,5-12,14H2. The molecule has 6 nitrogen and oxygen atoms in total. The van der Waals surface area contributed by atoms with Gasteiger partial charge in [0.25, 0.3) is 0 Å². The fourth-order valence-corrected chi connectivity index (χ4v) is 3.46. The van der Waals surface area contributed by atoms with Crippen molar-refractivity contribution in [2.24, 2.45) is 0 Å². The van der Waals surface area contributed by atoms with E-state index in [9.17, 15) is 8.78 Å². The lowest BCUT2D eigenvalue weighted by Gasteiger charge is -2.36. The van der Waals surface area contributed by atoms with Crippen LogP contribution in [-0.2, 0) is 11.3 Å². The first-order chi connectivity index (χ1) is 13.2. The van der Waals surface area contributed by atoms with E-state index in [-0.39, 0.29) is 0 Å². The summed E-state index contributed by atoms with van der Waals surface area (Å²) in [5.74, 6) is 0.634. The third-order valence-electron chi connectivity index (χ3n) is 5.03. The molecular weight excluding hydrogens is 352 g/mol. The summed E-state index contributed by atoms with van der Waals surface area (Å²) in [7, 11) is 0. The highest BCUT2D eigenvalue weighted by Crippen LogP contribution is 2.19. The van der Waals surface area contributed by atoms with Crippen molar-refractivity contribution >= 4 is 11.8 Å². The molecule has 2 fully saturated rings. The molecule has 1 aromatic heterocycles. The summed E-state index contributed by atoms with van der Waals surface area (Å²) >= 11 is 0. The summed E-state index contributed by atoms with van der Waals surface area (Å²) in [6, 6.07) is 5.71. The van der Waals surface area contributed by atoms with Crippen molar-refractivity contribution in [3.05, 3.63) is 47.7 Å². The Morgan fingerprint density at radius 2 is 1.70 bits per heavy atom. The summed E-state index contributed by atoms with van der Waals surface area (Å²) < 4.78 is 32.3. The molecule has 8 heteroatoms. The minimum absolute atomic E-state index is 0.483. The van der Waals surface area contributed by atoms with E-state index < -0.39 is 11.6 Å². The van der Waals surface area contributed by atoms with Crippen LogP contribution in [0.4, 0.5) is 20.5 Å². The van der Waals surface area contributed by atoms with E-state index in [1.54, 1.807) is 6.20 Å². The van der Waals surface area contributed by atoms with Crippen LogP contribution < -0.4 is 9.80 Å². The van der Waals surface area contributed by atoms with Crippen LogP contribution in [-0.4, -0.2) is 67.4 Å². The molecule has 0 bridgehead atoms. The van der Waals surface area contributed by atoms with Crippen LogP contribution in [0.3, 0.4) is 0 Å². The number of halogens is 2. The fourth-order valence-electron chi connectivity index (χ4n) is 3.46. The maximum absolute atomic E-state index is 13.9. The quantitative estimate of drug-likeness (QED) is 0.814. The van der Waals surface area contributed by atoms with Crippen molar-refractivity contribution < 1.29 is 13.5 Å². The van der Waals surface area contributed by atoms with Gasteiger partial charge in [-0.3, -0.25) is 4.90 Å². The Balaban J connectivity index is 1.36. The minimum atomic E-state index is -0.541. The SMILES string of the molecule is Fc1ccc(CN2CCN(c3ccnc(N4CCOCC4)n3)CC2)c(F)c1. The summed E-state index contributed by atoms with van der Waals surface area (Å²) in [5, 5.41) is 0. The van der Waals surface area contributed by atoms with Gasteiger partial charge in [0.1, 0.15) is 17.5 Å². The zero-order chi connectivity index (χ0) is 18.6. The Labute approximate surface area is 157 Å². The van der Waals surface area contributed by atoms with Crippen molar-refractivity contribution in [2.45, 2.75) is 6.54 Å². The van der Waals surface area contributed by atoms with Crippen molar-refractivity contribution in [3.8, 4) is 0 Å². The van der Waals surface area contributed by atoms with Gasteiger partial charge in [-0.05, 0) is 12.1 Å². The Morgan fingerprint density at radius 1 is 0.926 bits per heavy atom. The molecule has 1 aromatic carbocycles. The van der Waals surface area contributed by atoms with Crippen LogP contribution >= 0.6 is 0 Å². The van der Waals surface area contributed by atoms with Gasteiger partial charge >= 0.3 is 0 Å². The van der Waals surface area contributed by atoms with Gasteiger partial charge in [-0.15, -0.1) is 0 Å². The largest absolute Gasteiger partial charge is 0.378 e. The van der Waals surface area contributed by atoms with Crippen molar-refractivity contribution in [2.75, 3.05) is 62.3 Å². The second-order valence-electron chi connectivity index (χ2n) is 6.81. The predicted octanol–water partition coefficient (Wildman–Crippen LogP) is 1.91. The molecule has 0 radical (unpaired) electrons. The Morgan fingerprint density at radius 3 is 2.44 bits per heavy atom. The summed E-state index contributed by atoms with van der Waals surface area (Å²) in [6.45, 7) is 6.72. The highest BCUT2D eigenvalue weighted by molar-refractivity contribution is 5.44. The van der Waals surface area contributed by atoms with Crippen LogP contribution in [0.2, 0.25) is 0 Å². The molecule has 27 heavy (non-hydrogen) atoms. The maximum atomic E-state index is 13.9. The van der Waals surface area contributed by atoms with Crippen LogP contribution in [0.15, 0.2) is 30.5 Å². The van der Waals surface area contributed by atoms with Gasteiger partial charge < -0.3 is 14.5 Å². The second kappa shape index (κ2) is 8.14. The van der Waals surface area contributed by atoms with Crippen molar-refractivity contribution in [1.82, 2.24) is 14.9 Å². The molecule has 2 aromatic rings. The average Bonchev–Trinajstić information content (AvgIpc) is 2.71. The summed E-state index contributed by atoms with van der Waals surface area (Å²) in [6.07, 6.45) is 1.80. The number of hydrogen-bond acceptors (Lipinski definition) is 6. The lowest BCUT2D eigenvalue weighted by Crippen LogP contribution is -2.46. The van der Waals surface area contributed by atoms with E-state index in [4.69, 9.17) is 9.72 Å². The van der Waals surface area contributed by atoms with Crippen molar-refractivity contribution in [3.63, 3.8) is 0 Å². The van der Waals surface area contributed by atoms with Gasteiger partial charge in [0.2, 0.25) is 5.95 Å². The number of ether oxygens (including phenoxy) is 1. The fraction of sp³-hybridized carbons (Fsp3) is 0.474. The van der Waals surface area contributed by atoms with Crippen LogP contribution in [0.1, 0.15) is 5.56 Å². The number of morpholine rings is 1. The molecule has 0 unspecified atom stereocenters. The van der Waals surface area contributed by atoms with Crippen molar-refractivity contribution in [1.29, 1.82) is 0 Å². The molecule has 2 aliphatic rings. The first-order valence-corrected chi connectivity index (χ1v) is 9.26. The molecule has 2 aliphatic heterocycles. The zero-order valence-electron chi connectivity index (χ0n) is 15.2. The molecule has 2 saturated heterocycles. The highest BCUT2D eigenvalue weighted by atomic mass is 19.1.